The summed E-state index contributed by atoms with van der Waals surface area (Å²) in [5, 5.41) is 9.54. The van der Waals surface area contributed by atoms with Crippen LogP contribution in [0.4, 0.5) is 0 Å². The molecule has 1 aliphatic rings. The first-order chi connectivity index (χ1) is 11.0. The topological polar surface area (TPSA) is 50.2 Å². The van der Waals surface area contributed by atoms with Gasteiger partial charge in [0.25, 0.3) is 5.91 Å². The van der Waals surface area contributed by atoms with Gasteiger partial charge < -0.3 is 10.2 Å². The molecule has 5 nitrogen and oxygen atoms in total. The number of aromatic nitrogens is 2. The van der Waals surface area contributed by atoms with Crippen molar-refractivity contribution < 1.29 is 4.79 Å². The predicted octanol–water partition coefficient (Wildman–Crippen LogP) is 2.56. The lowest BCUT2D eigenvalue weighted by molar-refractivity contribution is 0.0938. The maximum atomic E-state index is 12.6. The van der Waals surface area contributed by atoms with E-state index >= 15 is 0 Å². The van der Waals surface area contributed by atoms with Crippen molar-refractivity contribution in [3.05, 3.63) is 39.8 Å². The molecule has 2 aromatic heterocycles. The van der Waals surface area contributed by atoms with Crippen LogP contribution < -0.4 is 5.32 Å². The number of fused-ring (bicyclic) bond motifs is 1. The second-order valence-electron chi connectivity index (χ2n) is 6.56. The molecule has 3 heterocycles. The smallest absolute Gasteiger partial charge is 0.255 e. The maximum absolute atomic E-state index is 12.6. The zero-order valence-electron chi connectivity index (χ0n) is 14.0. The van der Waals surface area contributed by atoms with E-state index in [0.717, 1.165) is 37.2 Å². The van der Waals surface area contributed by atoms with Crippen molar-refractivity contribution in [2.24, 2.45) is 5.92 Å². The summed E-state index contributed by atoms with van der Waals surface area (Å²) in [5.74, 6) is 0.577. The molecule has 0 saturated heterocycles. The number of nitrogens with zero attached hydrogens (tertiary/aromatic N) is 3. The molecule has 0 spiro atoms. The highest BCUT2D eigenvalue weighted by Crippen LogP contribution is 2.24. The molecule has 1 amide bonds. The fourth-order valence-corrected chi connectivity index (χ4v) is 3.98. The second-order valence-corrected chi connectivity index (χ2v) is 7.54. The highest BCUT2D eigenvalue weighted by atomic mass is 32.1. The Morgan fingerprint density at radius 1 is 1.57 bits per heavy atom. The number of rotatable bonds is 5. The van der Waals surface area contributed by atoms with Crippen molar-refractivity contribution in [1.82, 2.24) is 20.0 Å². The van der Waals surface area contributed by atoms with Crippen LogP contribution in [-0.2, 0) is 13.0 Å². The third-order valence-corrected chi connectivity index (χ3v) is 5.42. The summed E-state index contributed by atoms with van der Waals surface area (Å²) >= 11 is 1.67. The molecule has 1 N–H and O–H groups in total. The number of hydrogen-bond acceptors (Lipinski definition) is 4. The van der Waals surface area contributed by atoms with Crippen LogP contribution in [-0.4, -0.2) is 41.2 Å². The number of amides is 1. The fraction of sp³-hybridized carbons (Fsp3) is 0.529. The highest BCUT2D eigenvalue weighted by Gasteiger charge is 2.26. The molecule has 124 valence electrons. The Kier molecular flexibility index (Phi) is 4.82. The number of aryl methyl sites for hydroxylation is 1. The number of hydrogen-bond donors (Lipinski definition) is 1. The first-order valence-electron chi connectivity index (χ1n) is 8.08. The van der Waals surface area contributed by atoms with Gasteiger partial charge >= 0.3 is 0 Å². The lowest BCUT2D eigenvalue weighted by atomic mass is 9.94. The van der Waals surface area contributed by atoms with Gasteiger partial charge in [-0.3, -0.25) is 9.48 Å². The summed E-state index contributed by atoms with van der Waals surface area (Å²) in [4.78, 5) is 16.0. The molecule has 3 rings (SSSR count). The lowest BCUT2D eigenvalue weighted by Crippen LogP contribution is -2.31. The Labute approximate surface area is 141 Å². The van der Waals surface area contributed by atoms with Crippen LogP contribution in [0.5, 0.6) is 0 Å². The van der Waals surface area contributed by atoms with E-state index in [4.69, 9.17) is 0 Å². The number of carbonyl (C=O) groups excluding carboxylic acids is 1. The summed E-state index contributed by atoms with van der Waals surface area (Å²) in [6, 6.07) is 4.09. The monoisotopic (exact) mass is 332 g/mol. The lowest BCUT2D eigenvalue weighted by Gasteiger charge is -2.26. The van der Waals surface area contributed by atoms with Crippen LogP contribution in [0.3, 0.4) is 0 Å². The van der Waals surface area contributed by atoms with Gasteiger partial charge in [-0.25, -0.2) is 0 Å². The Morgan fingerprint density at radius 3 is 3.09 bits per heavy atom. The van der Waals surface area contributed by atoms with Crippen molar-refractivity contribution in [2.45, 2.75) is 32.4 Å². The first kappa shape index (κ1) is 16.2. The van der Waals surface area contributed by atoms with Gasteiger partial charge in [0.2, 0.25) is 0 Å². The number of nitrogens with one attached hydrogen (secondary N) is 1. The van der Waals surface area contributed by atoms with Crippen molar-refractivity contribution in [3.8, 4) is 0 Å². The largest absolute Gasteiger partial charge is 0.345 e. The van der Waals surface area contributed by atoms with Gasteiger partial charge in [-0.1, -0.05) is 6.07 Å². The first-order valence-corrected chi connectivity index (χ1v) is 8.96. The molecular weight excluding hydrogens is 308 g/mol. The van der Waals surface area contributed by atoms with E-state index < -0.39 is 0 Å². The Hall–Kier alpha value is -1.66. The average Bonchev–Trinajstić information content (AvgIpc) is 3.15. The molecule has 0 bridgehead atoms. The molecule has 23 heavy (non-hydrogen) atoms. The van der Waals surface area contributed by atoms with Crippen molar-refractivity contribution in [1.29, 1.82) is 0 Å². The van der Waals surface area contributed by atoms with Crippen LogP contribution in [0, 0.1) is 5.92 Å². The summed E-state index contributed by atoms with van der Waals surface area (Å²) < 4.78 is 2.00. The summed E-state index contributed by atoms with van der Waals surface area (Å²) in [6.45, 7) is 3.98. The fourth-order valence-electron chi connectivity index (χ4n) is 3.24. The van der Waals surface area contributed by atoms with Crippen LogP contribution in [0.1, 0.15) is 40.3 Å². The zero-order valence-corrected chi connectivity index (χ0v) is 14.8. The molecule has 1 aliphatic heterocycles. The summed E-state index contributed by atoms with van der Waals surface area (Å²) in [5.41, 5.74) is 1.82. The van der Waals surface area contributed by atoms with Crippen LogP contribution in [0.25, 0.3) is 0 Å². The Bertz CT molecular complexity index is 662. The molecular formula is C17H24N4OS. The van der Waals surface area contributed by atoms with Gasteiger partial charge in [0.05, 0.1) is 23.5 Å². The van der Waals surface area contributed by atoms with Crippen molar-refractivity contribution >= 4 is 17.2 Å². The predicted molar refractivity (Wildman–Crippen MR) is 92.8 cm³/mol. The van der Waals surface area contributed by atoms with E-state index in [-0.39, 0.29) is 11.9 Å². The summed E-state index contributed by atoms with van der Waals surface area (Å²) in [7, 11) is 4.20. The van der Waals surface area contributed by atoms with E-state index in [1.165, 1.54) is 4.88 Å². The van der Waals surface area contributed by atoms with E-state index in [1.807, 2.05) is 23.1 Å². The van der Waals surface area contributed by atoms with E-state index in [1.54, 1.807) is 17.5 Å². The molecule has 0 saturated carbocycles. The van der Waals surface area contributed by atoms with Crippen molar-refractivity contribution in [3.63, 3.8) is 0 Å². The van der Waals surface area contributed by atoms with E-state index in [9.17, 15) is 4.79 Å². The molecule has 0 radical (unpaired) electrons. The maximum Gasteiger partial charge on any atom is 0.255 e. The Balaban J connectivity index is 1.72. The van der Waals surface area contributed by atoms with E-state index in [0.29, 0.717) is 5.92 Å². The SMILES string of the molecule is C[C@@H](NC(=O)c1cnn2c1C[C@@H](CN(C)C)CC2)c1cccs1. The van der Waals surface area contributed by atoms with Gasteiger partial charge in [0, 0.05) is 18.0 Å². The number of carbonyl (C=O) groups is 1. The minimum absolute atomic E-state index is 0.0161. The molecule has 2 aromatic rings. The molecule has 0 unspecified atom stereocenters. The molecule has 0 aliphatic carbocycles. The van der Waals surface area contributed by atoms with Crippen molar-refractivity contribution in [2.75, 3.05) is 20.6 Å². The minimum atomic E-state index is -0.0161. The van der Waals surface area contributed by atoms with Crippen LogP contribution in [0.2, 0.25) is 0 Å². The van der Waals surface area contributed by atoms with Crippen LogP contribution >= 0.6 is 11.3 Å². The average molecular weight is 332 g/mol. The third-order valence-electron chi connectivity index (χ3n) is 4.37. The quantitative estimate of drug-likeness (QED) is 0.915. The molecule has 0 fully saturated rings. The zero-order chi connectivity index (χ0) is 16.4. The molecule has 2 atom stereocenters. The second kappa shape index (κ2) is 6.84. The normalized spacial score (nSPS) is 18.7. The van der Waals surface area contributed by atoms with Crippen LogP contribution in [0.15, 0.2) is 23.7 Å². The van der Waals surface area contributed by atoms with Gasteiger partial charge in [-0.05, 0) is 51.2 Å². The number of thiophene rings is 1. The Morgan fingerprint density at radius 2 is 2.39 bits per heavy atom. The standard InChI is InChI=1S/C17H24N4OS/c1-12(16-5-4-8-23-16)19-17(22)14-10-18-21-7-6-13(9-15(14)21)11-20(2)3/h4-5,8,10,12-13H,6-7,9,11H2,1-3H3,(H,19,22)/t12-,13+/m1/s1. The molecule has 0 aromatic carbocycles. The van der Waals surface area contributed by atoms with Gasteiger partial charge in [-0.2, -0.15) is 5.10 Å². The van der Waals surface area contributed by atoms with Gasteiger partial charge in [0.1, 0.15) is 0 Å². The highest BCUT2D eigenvalue weighted by molar-refractivity contribution is 7.10. The molecule has 6 heteroatoms. The third kappa shape index (κ3) is 3.64. The summed E-state index contributed by atoms with van der Waals surface area (Å²) in [6.07, 6.45) is 3.78. The van der Waals surface area contributed by atoms with E-state index in [2.05, 4.69) is 35.5 Å². The van der Waals surface area contributed by atoms with Gasteiger partial charge in [-0.15, -0.1) is 11.3 Å². The van der Waals surface area contributed by atoms with Gasteiger partial charge in [0.15, 0.2) is 0 Å². The minimum Gasteiger partial charge on any atom is -0.345 e.